The first-order chi connectivity index (χ1) is 16.8. The Morgan fingerprint density at radius 3 is 2.43 bits per heavy atom. The zero-order chi connectivity index (χ0) is 25.0. The van der Waals surface area contributed by atoms with Gasteiger partial charge in [0.05, 0.1) is 25.5 Å². The van der Waals surface area contributed by atoms with Crippen molar-refractivity contribution in [1.82, 2.24) is 0 Å². The number of aryl methyl sites for hydroxylation is 1. The van der Waals surface area contributed by atoms with Crippen LogP contribution in [0.1, 0.15) is 47.6 Å². The first-order valence-electron chi connectivity index (χ1n) is 11.4. The van der Waals surface area contributed by atoms with Gasteiger partial charge in [-0.05, 0) is 53.6 Å². The minimum Gasteiger partial charge on any atom is -0.496 e. The van der Waals surface area contributed by atoms with Crippen LogP contribution in [0.25, 0.3) is 11.1 Å². The summed E-state index contributed by atoms with van der Waals surface area (Å²) < 4.78 is 40.1. The lowest BCUT2D eigenvalue weighted by Crippen LogP contribution is -2.18. The van der Waals surface area contributed by atoms with Crippen LogP contribution in [0.4, 0.5) is 0 Å². The third kappa shape index (κ3) is 5.83. The molecule has 1 aliphatic heterocycles. The van der Waals surface area contributed by atoms with Crippen molar-refractivity contribution in [2.24, 2.45) is 5.14 Å². The van der Waals surface area contributed by atoms with E-state index in [-0.39, 0.29) is 11.7 Å². The summed E-state index contributed by atoms with van der Waals surface area (Å²) in [5, 5.41) is 5.30. The maximum atomic E-state index is 11.7. The number of methoxy groups -OCH3 is 2. The van der Waals surface area contributed by atoms with E-state index in [0.29, 0.717) is 23.5 Å². The number of carbonyl (C=O) groups excluding carboxylic acids is 1. The molecule has 0 bridgehead atoms. The fourth-order valence-corrected chi connectivity index (χ4v) is 5.07. The lowest BCUT2D eigenvalue weighted by atomic mass is 9.87. The molecule has 0 radical (unpaired) electrons. The monoisotopic (exact) mass is 495 g/mol. The number of hydrogen-bond donors (Lipinski definition) is 1. The number of esters is 1. The zero-order valence-corrected chi connectivity index (χ0v) is 20.6. The van der Waals surface area contributed by atoms with Gasteiger partial charge in [-0.3, -0.25) is 4.79 Å². The molecule has 1 aliphatic rings. The van der Waals surface area contributed by atoms with Gasteiger partial charge in [-0.1, -0.05) is 48.5 Å². The lowest BCUT2D eigenvalue weighted by molar-refractivity contribution is -0.140. The van der Waals surface area contributed by atoms with Gasteiger partial charge >= 0.3 is 5.97 Å². The topological polar surface area (TPSA) is 105 Å². The molecule has 3 aromatic carbocycles. The SMILES string of the molecule is COC(=O)CCCCc1ccc(C2Oc3cccc(OC)c3-c3ccc(CS(N)(=O)=O)cc32)cc1. The molecule has 2 N–H and O–H groups in total. The Balaban J connectivity index is 1.64. The number of benzene rings is 3. The molecule has 0 fully saturated rings. The molecule has 35 heavy (non-hydrogen) atoms. The molecule has 4 rings (SSSR count). The number of hydrogen-bond acceptors (Lipinski definition) is 6. The largest absolute Gasteiger partial charge is 0.496 e. The van der Waals surface area contributed by atoms with Crippen molar-refractivity contribution >= 4 is 16.0 Å². The number of rotatable bonds is 9. The standard InChI is InChI=1S/C27H29NO6S/c1-32-23-7-5-8-24-26(23)21-15-12-19(17-35(28,30)31)16-22(21)27(34-24)20-13-10-18(11-14-20)6-3-4-9-25(29)33-2/h5,7-8,10-16,27H,3-4,6,9,17H2,1-2H3,(H2,28,30,31). The summed E-state index contributed by atoms with van der Waals surface area (Å²) in [4.78, 5) is 11.3. The van der Waals surface area contributed by atoms with Crippen LogP contribution < -0.4 is 14.6 Å². The number of nitrogens with two attached hydrogens (primary N) is 1. The quantitative estimate of drug-likeness (QED) is 0.346. The van der Waals surface area contributed by atoms with Gasteiger partial charge in [-0.2, -0.15) is 0 Å². The van der Waals surface area contributed by atoms with E-state index in [2.05, 4.69) is 16.9 Å². The van der Waals surface area contributed by atoms with E-state index in [0.717, 1.165) is 41.5 Å². The highest BCUT2D eigenvalue weighted by atomic mass is 32.2. The first kappa shape index (κ1) is 24.8. The Labute approximate surface area is 205 Å². The highest BCUT2D eigenvalue weighted by Crippen LogP contribution is 2.49. The van der Waals surface area contributed by atoms with Crippen LogP contribution >= 0.6 is 0 Å². The Hall–Kier alpha value is -3.36. The Bertz CT molecular complexity index is 1320. The van der Waals surface area contributed by atoms with Crippen LogP contribution in [0.15, 0.2) is 60.7 Å². The molecule has 0 amide bonds. The minimum atomic E-state index is -3.68. The zero-order valence-electron chi connectivity index (χ0n) is 19.8. The lowest BCUT2D eigenvalue weighted by Gasteiger charge is -2.30. The smallest absolute Gasteiger partial charge is 0.305 e. The molecule has 184 valence electrons. The van der Waals surface area contributed by atoms with Gasteiger partial charge in [0.2, 0.25) is 10.0 Å². The Morgan fingerprint density at radius 2 is 1.74 bits per heavy atom. The highest BCUT2D eigenvalue weighted by molar-refractivity contribution is 7.88. The first-order valence-corrected chi connectivity index (χ1v) is 13.1. The normalized spacial score (nSPS) is 14.4. The van der Waals surface area contributed by atoms with Crippen molar-refractivity contribution in [2.45, 2.75) is 37.5 Å². The third-order valence-corrected chi connectivity index (χ3v) is 6.83. The van der Waals surface area contributed by atoms with Crippen LogP contribution in [0.3, 0.4) is 0 Å². The fourth-order valence-electron chi connectivity index (χ4n) is 4.42. The summed E-state index contributed by atoms with van der Waals surface area (Å²) in [7, 11) is -0.664. The molecule has 0 spiro atoms. The predicted octanol–water partition coefficient (Wildman–Crippen LogP) is 4.52. The molecule has 0 aromatic heterocycles. The molecule has 0 saturated carbocycles. The fraction of sp³-hybridized carbons (Fsp3) is 0.296. The van der Waals surface area contributed by atoms with Crippen LogP contribution in [-0.4, -0.2) is 28.6 Å². The van der Waals surface area contributed by atoms with Crippen molar-refractivity contribution in [3.8, 4) is 22.6 Å². The van der Waals surface area contributed by atoms with E-state index in [1.54, 1.807) is 13.2 Å². The van der Waals surface area contributed by atoms with Gasteiger partial charge < -0.3 is 14.2 Å². The van der Waals surface area contributed by atoms with E-state index in [9.17, 15) is 13.2 Å². The molecular formula is C27H29NO6S. The number of primary sulfonamides is 1. The molecular weight excluding hydrogens is 466 g/mol. The Morgan fingerprint density at radius 1 is 1.00 bits per heavy atom. The maximum absolute atomic E-state index is 11.7. The molecule has 1 heterocycles. The van der Waals surface area contributed by atoms with Crippen molar-refractivity contribution in [1.29, 1.82) is 0 Å². The van der Waals surface area contributed by atoms with Crippen LogP contribution in [0.5, 0.6) is 11.5 Å². The van der Waals surface area contributed by atoms with E-state index < -0.39 is 16.1 Å². The number of sulfonamides is 1. The van der Waals surface area contributed by atoms with Gasteiger partial charge in [0.25, 0.3) is 0 Å². The van der Waals surface area contributed by atoms with E-state index >= 15 is 0 Å². The van der Waals surface area contributed by atoms with Crippen LogP contribution in [-0.2, 0) is 31.7 Å². The number of fused-ring (bicyclic) bond motifs is 3. The van der Waals surface area contributed by atoms with E-state index in [4.69, 9.17) is 14.6 Å². The summed E-state index contributed by atoms with van der Waals surface area (Å²) in [6, 6.07) is 19.4. The van der Waals surface area contributed by atoms with Gasteiger partial charge in [0, 0.05) is 12.0 Å². The van der Waals surface area contributed by atoms with Gasteiger partial charge in [-0.25, -0.2) is 13.6 Å². The van der Waals surface area contributed by atoms with Crippen LogP contribution in [0.2, 0.25) is 0 Å². The van der Waals surface area contributed by atoms with E-state index in [1.165, 1.54) is 12.7 Å². The molecule has 1 unspecified atom stereocenters. The molecule has 0 aliphatic carbocycles. The summed E-state index contributed by atoms with van der Waals surface area (Å²) in [6.07, 6.45) is 2.53. The Kier molecular flexibility index (Phi) is 7.42. The second-order valence-electron chi connectivity index (χ2n) is 8.58. The van der Waals surface area contributed by atoms with Gasteiger partial charge in [0.15, 0.2) is 0 Å². The summed E-state index contributed by atoms with van der Waals surface area (Å²) in [5.74, 6) is 0.944. The minimum absolute atomic E-state index is 0.188. The summed E-state index contributed by atoms with van der Waals surface area (Å²) in [6.45, 7) is 0. The van der Waals surface area contributed by atoms with E-state index in [1.807, 2.05) is 42.5 Å². The van der Waals surface area contributed by atoms with Gasteiger partial charge in [0.1, 0.15) is 17.6 Å². The summed E-state index contributed by atoms with van der Waals surface area (Å²) in [5.41, 5.74) is 5.34. The number of ether oxygens (including phenoxy) is 3. The second-order valence-corrected chi connectivity index (χ2v) is 10.2. The molecule has 0 saturated heterocycles. The molecule has 7 nitrogen and oxygen atoms in total. The van der Waals surface area contributed by atoms with Crippen molar-refractivity contribution in [2.75, 3.05) is 14.2 Å². The molecule has 8 heteroatoms. The highest BCUT2D eigenvalue weighted by Gasteiger charge is 2.30. The number of carbonyl (C=O) groups is 1. The average Bonchev–Trinajstić information content (AvgIpc) is 2.84. The molecule has 1 atom stereocenters. The van der Waals surface area contributed by atoms with Gasteiger partial charge in [-0.15, -0.1) is 0 Å². The summed E-state index contributed by atoms with van der Waals surface area (Å²) >= 11 is 0. The van der Waals surface area contributed by atoms with Crippen molar-refractivity contribution < 1.29 is 27.4 Å². The van der Waals surface area contributed by atoms with Crippen molar-refractivity contribution in [3.05, 3.63) is 82.9 Å². The molecule has 3 aromatic rings. The second kappa shape index (κ2) is 10.5. The van der Waals surface area contributed by atoms with Crippen LogP contribution in [0, 0.1) is 0 Å². The predicted molar refractivity (Wildman–Crippen MR) is 134 cm³/mol. The third-order valence-electron chi connectivity index (χ3n) is 6.09. The number of unbranched alkanes of at least 4 members (excludes halogenated alkanes) is 1. The average molecular weight is 496 g/mol. The van der Waals surface area contributed by atoms with Crippen molar-refractivity contribution in [3.63, 3.8) is 0 Å². The maximum Gasteiger partial charge on any atom is 0.305 e.